The molecule has 5 heteroatoms. The van der Waals surface area contributed by atoms with Crippen LogP contribution in [0.3, 0.4) is 0 Å². The van der Waals surface area contributed by atoms with Crippen molar-refractivity contribution in [3.8, 4) is 0 Å². The van der Waals surface area contributed by atoms with Crippen molar-refractivity contribution in [2.45, 2.75) is 44.2 Å². The van der Waals surface area contributed by atoms with Crippen LogP contribution in [0.25, 0.3) is 0 Å². The zero-order chi connectivity index (χ0) is 15.6. The average molecular weight is 303 g/mol. The van der Waals surface area contributed by atoms with Gasteiger partial charge < -0.3 is 14.7 Å². The number of carboxylic acid groups (broad SMARTS) is 1. The van der Waals surface area contributed by atoms with E-state index in [9.17, 15) is 14.7 Å². The number of nitrogens with zero attached hydrogens (tertiary/aromatic N) is 1. The Kier molecular flexibility index (Phi) is 4.05. The van der Waals surface area contributed by atoms with E-state index in [2.05, 4.69) is 0 Å². The first-order chi connectivity index (χ1) is 10.6. The van der Waals surface area contributed by atoms with Gasteiger partial charge in [-0.05, 0) is 24.8 Å². The molecule has 1 N–H and O–H groups in total. The Bertz CT molecular complexity index is 551. The Hall–Kier alpha value is -2.04. The van der Waals surface area contributed by atoms with Gasteiger partial charge in [0.15, 0.2) is 0 Å². The fraction of sp³-hybridized carbons (Fsp3) is 0.529. The van der Waals surface area contributed by atoms with Crippen molar-refractivity contribution in [2.75, 3.05) is 6.54 Å². The lowest BCUT2D eigenvalue weighted by Crippen LogP contribution is -2.45. The van der Waals surface area contributed by atoms with Crippen LogP contribution in [0.4, 0.5) is 4.79 Å². The van der Waals surface area contributed by atoms with E-state index in [0.717, 1.165) is 31.2 Å². The molecule has 2 fully saturated rings. The van der Waals surface area contributed by atoms with Crippen LogP contribution in [-0.4, -0.2) is 34.2 Å². The van der Waals surface area contributed by atoms with Gasteiger partial charge >= 0.3 is 12.1 Å². The van der Waals surface area contributed by atoms with Gasteiger partial charge in [-0.15, -0.1) is 0 Å². The summed E-state index contributed by atoms with van der Waals surface area (Å²) < 4.78 is 5.42. The molecule has 1 aliphatic heterocycles. The number of aliphatic carboxylic acids is 1. The second-order valence-electron chi connectivity index (χ2n) is 6.32. The third kappa shape index (κ3) is 2.80. The molecule has 0 radical (unpaired) electrons. The number of benzene rings is 1. The number of hydrogen-bond acceptors (Lipinski definition) is 3. The van der Waals surface area contributed by atoms with E-state index in [-0.39, 0.29) is 24.8 Å². The molecular weight excluding hydrogens is 282 g/mol. The summed E-state index contributed by atoms with van der Waals surface area (Å²) in [4.78, 5) is 25.5. The molecular formula is C17H21NO4. The monoisotopic (exact) mass is 303 g/mol. The summed E-state index contributed by atoms with van der Waals surface area (Å²) in [5.41, 5.74) is 0.641. The SMILES string of the molecule is O=C(O)C1CN(C(=O)OCc2ccccc2)C2(CCCC2)C1. The van der Waals surface area contributed by atoms with E-state index < -0.39 is 11.9 Å². The van der Waals surface area contributed by atoms with Crippen LogP contribution >= 0.6 is 0 Å². The highest BCUT2D eigenvalue weighted by Crippen LogP contribution is 2.45. The third-order valence-electron chi connectivity index (χ3n) is 4.91. The highest BCUT2D eigenvalue weighted by atomic mass is 16.6. The van der Waals surface area contributed by atoms with Crippen LogP contribution in [0.1, 0.15) is 37.7 Å². The molecule has 0 aromatic heterocycles. The maximum absolute atomic E-state index is 12.5. The number of amides is 1. The van der Waals surface area contributed by atoms with Gasteiger partial charge in [0, 0.05) is 12.1 Å². The van der Waals surface area contributed by atoms with Gasteiger partial charge in [-0.1, -0.05) is 43.2 Å². The number of likely N-dealkylation sites (tertiary alicyclic amines) is 1. The summed E-state index contributed by atoms with van der Waals surface area (Å²) in [7, 11) is 0. The maximum atomic E-state index is 12.5. The van der Waals surface area contributed by atoms with Crippen molar-refractivity contribution in [2.24, 2.45) is 5.92 Å². The lowest BCUT2D eigenvalue weighted by Gasteiger charge is -2.34. The number of rotatable bonds is 3. The minimum Gasteiger partial charge on any atom is -0.481 e. The topological polar surface area (TPSA) is 66.8 Å². The molecule has 1 aliphatic carbocycles. The second-order valence-corrected chi connectivity index (χ2v) is 6.32. The zero-order valence-corrected chi connectivity index (χ0v) is 12.5. The van der Waals surface area contributed by atoms with Crippen molar-refractivity contribution in [1.82, 2.24) is 4.90 Å². The summed E-state index contributed by atoms with van der Waals surface area (Å²) >= 11 is 0. The highest BCUT2D eigenvalue weighted by Gasteiger charge is 2.51. The number of ether oxygens (including phenoxy) is 1. The van der Waals surface area contributed by atoms with Gasteiger partial charge in [0.25, 0.3) is 0 Å². The smallest absolute Gasteiger partial charge is 0.410 e. The summed E-state index contributed by atoms with van der Waals surface area (Å²) in [6.45, 7) is 0.493. The predicted octanol–water partition coefficient (Wildman–Crippen LogP) is 3.04. The molecule has 22 heavy (non-hydrogen) atoms. The molecule has 2 aliphatic rings. The third-order valence-corrected chi connectivity index (χ3v) is 4.91. The minimum absolute atomic E-state index is 0.226. The van der Waals surface area contributed by atoms with Crippen LogP contribution in [-0.2, 0) is 16.1 Å². The standard InChI is InChI=1S/C17H21NO4/c19-15(20)14-10-17(8-4-5-9-17)18(11-14)16(21)22-12-13-6-2-1-3-7-13/h1-3,6-7,14H,4-5,8-12H2,(H,19,20). The fourth-order valence-electron chi connectivity index (χ4n) is 3.79. The Balaban J connectivity index is 1.68. The van der Waals surface area contributed by atoms with E-state index in [1.807, 2.05) is 30.3 Å². The van der Waals surface area contributed by atoms with E-state index in [1.165, 1.54) is 0 Å². The molecule has 1 saturated heterocycles. The lowest BCUT2D eigenvalue weighted by molar-refractivity contribution is -0.141. The van der Waals surface area contributed by atoms with Crippen molar-refractivity contribution in [1.29, 1.82) is 0 Å². The largest absolute Gasteiger partial charge is 0.481 e. The maximum Gasteiger partial charge on any atom is 0.410 e. The van der Waals surface area contributed by atoms with Crippen LogP contribution in [0.2, 0.25) is 0 Å². The molecule has 118 valence electrons. The molecule has 1 unspecified atom stereocenters. The molecule has 1 aromatic rings. The first kappa shape index (κ1) is 14.9. The molecule has 1 atom stereocenters. The zero-order valence-electron chi connectivity index (χ0n) is 12.5. The van der Waals surface area contributed by atoms with E-state index in [4.69, 9.17) is 4.74 Å². The van der Waals surface area contributed by atoms with E-state index in [1.54, 1.807) is 4.90 Å². The quantitative estimate of drug-likeness (QED) is 0.932. The lowest BCUT2D eigenvalue weighted by atomic mass is 9.91. The van der Waals surface area contributed by atoms with Gasteiger partial charge in [-0.3, -0.25) is 4.79 Å². The number of carbonyl (C=O) groups is 2. The number of carboxylic acids is 1. The molecule has 1 aromatic carbocycles. The average Bonchev–Trinajstić information content (AvgIpc) is 3.14. The highest BCUT2D eigenvalue weighted by molar-refractivity contribution is 5.75. The first-order valence-electron chi connectivity index (χ1n) is 7.82. The van der Waals surface area contributed by atoms with Crippen molar-refractivity contribution >= 4 is 12.1 Å². The fourth-order valence-corrected chi connectivity index (χ4v) is 3.79. The van der Waals surface area contributed by atoms with Gasteiger partial charge in [-0.2, -0.15) is 0 Å². The minimum atomic E-state index is -0.815. The van der Waals surface area contributed by atoms with E-state index >= 15 is 0 Å². The molecule has 3 rings (SSSR count). The Morgan fingerprint density at radius 3 is 2.55 bits per heavy atom. The molecule has 1 amide bonds. The van der Waals surface area contributed by atoms with E-state index in [0.29, 0.717) is 6.42 Å². The van der Waals surface area contributed by atoms with Gasteiger partial charge in [0.1, 0.15) is 6.61 Å². The Labute approximate surface area is 129 Å². The normalized spacial score (nSPS) is 22.9. The Morgan fingerprint density at radius 2 is 1.91 bits per heavy atom. The summed E-state index contributed by atoms with van der Waals surface area (Å²) in [5, 5.41) is 9.29. The summed E-state index contributed by atoms with van der Waals surface area (Å²) in [5.74, 6) is -1.29. The molecule has 1 saturated carbocycles. The van der Waals surface area contributed by atoms with Gasteiger partial charge in [0.05, 0.1) is 5.92 Å². The van der Waals surface area contributed by atoms with Crippen LogP contribution < -0.4 is 0 Å². The van der Waals surface area contributed by atoms with Crippen LogP contribution in [0.15, 0.2) is 30.3 Å². The summed E-state index contributed by atoms with van der Waals surface area (Å²) in [6.07, 6.45) is 4.05. The van der Waals surface area contributed by atoms with Crippen LogP contribution in [0, 0.1) is 5.92 Å². The first-order valence-corrected chi connectivity index (χ1v) is 7.82. The molecule has 5 nitrogen and oxygen atoms in total. The van der Waals surface area contributed by atoms with Crippen molar-refractivity contribution < 1.29 is 19.4 Å². The molecule has 0 bridgehead atoms. The van der Waals surface area contributed by atoms with Crippen LogP contribution in [0.5, 0.6) is 0 Å². The Morgan fingerprint density at radius 1 is 1.23 bits per heavy atom. The molecule has 1 heterocycles. The predicted molar refractivity (Wildman–Crippen MR) is 80.3 cm³/mol. The summed E-state index contributed by atoms with van der Waals surface area (Å²) in [6, 6.07) is 9.53. The molecule has 1 spiro atoms. The van der Waals surface area contributed by atoms with Gasteiger partial charge in [-0.25, -0.2) is 4.79 Å². The van der Waals surface area contributed by atoms with Gasteiger partial charge in [0.2, 0.25) is 0 Å². The number of hydrogen-bond donors (Lipinski definition) is 1. The number of carbonyl (C=O) groups excluding carboxylic acids is 1. The van der Waals surface area contributed by atoms with Crippen molar-refractivity contribution in [3.05, 3.63) is 35.9 Å². The second kappa shape index (κ2) is 5.99. The van der Waals surface area contributed by atoms with Crippen molar-refractivity contribution in [3.63, 3.8) is 0 Å².